The monoisotopic (exact) mass is 861 g/mol. The van der Waals surface area contributed by atoms with E-state index in [1.165, 1.54) is 206 Å². The minimum Gasteiger partial charge on any atom is -0.465 e. The first kappa shape index (κ1) is 57.9. The van der Waals surface area contributed by atoms with Gasteiger partial charge in [-0.05, 0) is 102 Å². The van der Waals surface area contributed by atoms with Crippen LogP contribution in [0, 0.1) is 11.8 Å². The Morgan fingerprint density at radius 3 is 1.15 bits per heavy atom. The second-order valence-corrected chi connectivity index (χ2v) is 19.7. The van der Waals surface area contributed by atoms with Crippen molar-refractivity contribution in [3.63, 3.8) is 0 Å². The minimum atomic E-state index is 0.0143. The van der Waals surface area contributed by atoms with Crippen molar-refractivity contribution in [2.75, 3.05) is 45.9 Å². The van der Waals surface area contributed by atoms with Gasteiger partial charge in [0.15, 0.2) is 0 Å². The Morgan fingerprint density at radius 2 is 0.754 bits per heavy atom. The first-order valence-corrected chi connectivity index (χ1v) is 27.7. The van der Waals surface area contributed by atoms with Crippen LogP contribution in [0.15, 0.2) is 0 Å². The highest BCUT2D eigenvalue weighted by molar-refractivity contribution is 5.69. The second-order valence-electron chi connectivity index (χ2n) is 19.7. The van der Waals surface area contributed by atoms with Gasteiger partial charge in [-0.3, -0.25) is 14.5 Å². The van der Waals surface area contributed by atoms with E-state index >= 15 is 0 Å². The quantitative estimate of drug-likeness (QED) is 0.0449. The van der Waals surface area contributed by atoms with Gasteiger partial charge in [-0.15, -0.1) is 0 Å². The molecule has 6 heteroatoms. The fourth-order valence-electron chi connectivity index (χ4n) is 9.30. The van der Waals surface area contributed by atoms with E-state index in [1.807, 2.05) is 0 Å². The summed E-state index contributed by atoms with van der Waals surface area (Å²) in [6, 6.07) is 0.791. The largest absolute Gasteiger partial charge is 0.465 e. The highest BCUT2D eigenvalue weighted by atomic mass is 16.5. The first-order valence-electron chi connectivity index (χ1n) is 27.7. The maximum atomic E-state index is 12.9. The second kappa shape index (κ2) is 44.1. The molecule has 0 saturated heterocycles. The number of rotatable bonds is 48. The first-order chi connectivity index (χ1) is 30.0. The van der Waals surface area contributed by atoms with E-state index in [0.29, 0.717) is 37.9 Å². The van der Waals surface area contributed by atoms with Crippen LogP contribution in [0.25, 0.3) is 0 Å². The lowest BCUT2D eigenvalue weighted by molar-refractivity contribution is -0.146. The average Bonchev–Trinajstić information content (AvgIpc) is 3.24. The van der Waals surface area contributed by atoms with E-state index in [4.69, 9.17) is 9.47 Å². The summed E-state index contributed by atoms with van der Waals surface area (Å²) in [7, 11) is 0. The van der Waals surface area contributed by atoms with Crippen molar-refractivity contribution in [3.8, 4) is 0 Å². The lowest BCUT2D eigenvalue weighted by Gasteiger charge is -2.39. The summed E-state index contributed by atoms with van der Waals surface area (Å²) in [4.78, 5) is 31.2. The molecule has 1 aliphatic rings. The summed E-state index contributed by atoms with van der Waals surface area (Å²) in [5.74, 6) is 1.09. The van der Waals surface area contributed by atoms with Crippen molar-refractivity contribution in [2.24, 2.45) is 11.8 Å². The van der Waals surface area contributed by atoms with Crippen LogP contribution >= 0.6 is 0 Å². The third-order valence-corrected chi connectivity index (χ3v) is 13.9. The van der Waals surface area contributed by atoms with Gasteiger partial charge in [-0.2, -0.15) is 0 Å². The Balaban J connectivity index is 2.53. The fraction of sp³-hybridized carbons (Fsp3) is 0.964. The minimum absolute atomic E-state index is 0.0143. The van der Waals surface area contributed by atoms with Gasteiger partial charge in [0.2, 0.25) is 0 Å². The lowest BCUT2D eigenvalue weighted by atomic mass is 9.91. The Bertz CT molecular complexity index is 883. The highest BCUT2D eigenvalue weighted by Gasteiger charge is 2.25. The van der Waals surface area contributed by atoms with Crippen molar-refractivity contribution in [1.82, 2.24) is 9.80 Å². The van der Waals surface area contributed by atoms with Crippen LogP contribution in [0.4, 0.5) is 0 Å². The summed E-state index contributed by atoms with van der Waals surface area (Å²) >= 11 is 0. The molecule has 0 aromatic heterocycles. The summed E-state index contributed by atoms with van der Waals surface area (Å²) in [5, 5.41) is 0. The molecule has 0 radical (unpaired) electrons. The van der Waals surface area contributed by atoms with Gasteiger partial charge >= 0.3 is 11.9 Å². The van der Waals surface area contributed by atoms with Gasteiger partial charge in [0.25, 0.3) is 0 Å². The number of carbonyl (C=O) groups is 2. The van der Waals surface area contributed by atoms with Crippen LogP contribution in [-0.2, 0) is 19.1 Å². The van der Waals surface area contributed by atoms with Crippen LogP contribution in [0.3, 0.4) is 0 Å². The maximum absolute atomic E-state index is 12.9. The predicted molar refractivity (Wildman–Crippen MR) is 265 cm³/mol. The zero-order chi connectivity index (χ0) is 44.3. The molecular formula is C55H108N2O4. The third kappa shape index (κ3) is 35.8. The number of unbranched alkanes of at least 4 members (excludes halogenated alkanes) is 22. The zero-order valence-corrected chi connectivity index (χ0v) is 42.1. The molecule has 0 aliphatic heterocycles. The molecular weight excluding hydrogens is 753 g/mol. The van der Waals surface area contributed by atoms with E-state index < -0.39 is 0 Å². The molecule has 0 aromatic rings. The number of nitrogens with zero attached hydrogens (tertiary/aromatic N) is 2. The van der Waals surface area contributed by atoms with E-state index in [0.717, 1.165) is 64.2 Å². The van der Waals surface area contributed by atoms with Crippen LogP contribution in [0.2, 0.25) is 0 Å². The molecule has 1 rings (SSSR count). The summed E-state index contributed by atoms with van der Waals surface area (Å²) in [6.07, 6.45) is 46.5. The molecule has 61 heavy (non-hydrogen) atoms. The highest BCUT2D eigenvalue weighted by Crippen LogP contribution is 2.26. The maximum Gasteiger partial charge on any atom is 0.305 e. The summed E-state index contributed by atoms with van der Waals surface area (Å²) in [6.45, 7) is 18.4. The third-order valence-electron chi connectivity index (χ3n) is 13.9. The van der Waals surface area contributed by atoms with E-state index in [-0.39, 0.29) is 11.9 Å². The predicted octanol–water partition coefficient (Wildman–Crippen LogP) is 16.2. The van der Waals surface area contributed by atoms with Crippen molar-refractivity contribution in [3.05, 3.63) is 0 Å². The molecule has 0 spiro atoms. The van der Waals surface area contributed by atoms with E-state index in [1.54, 1.807) is 0 Å². The number of hydrogen-bond acceptors (Lipinski definition) is 6. The Kier molecular flexibility index (Phi) is 41.8. The van der Waals surface area contributed by atoms with Crippen molar-refractivity contribution >= 4 is 11.9 Å². The van der Waals surface area contributed by atoms with Gasteiger partial charge in [0, 0.05) is 32.0 Å². The van der Waals surface area contributed by atoms with Gasteiger partial charge in [0.1, 0.15) is 0 Å². The fourth-order valence-corrected chi connectivity index (χ4v) is 9.30. The molecule has 0 amide bonds. The molecule has 2 atom stereocenters. The molecule has 0 bridgehead atoms. The van der Waals surface area contributed by atoms with Crippen molar-refractivity contribution < 1.29 is 19.1 Å². The van der Waals surface area contributed by atoms with Crippen molar-refractivity contribution in [2.45, 2.75) is 285 Å². The molecule has 1 fully saturated rings. The van der Waals surface area contributed by atoms with E-state index in [9.17, 15) is 9.59 Å². The van der Waals surface area contributed by atoms with Crippen molar-refractivity contribution in [1.29, 1.82) is 0 Å². The molecule has 1 aliphatic carbocycles. The molecule has 0 N–H and O–H groups in total. The Labute approximate surface area is 382 Å². The molecule has 1 saturated carbocycles. The molecule has 0 heterocycles. The van der Waals surface area contributed by atoms with Gasteiger partial charge in [0.05, 0.1) is 13.2 Å². The Morgan fingerprint density at radius 1 is 0.410 bits per heavy atom. The van der Waals surface area contributed by atoms with E-state index in [2.05, 4.69) is 44.4 Å². The standard InChI is InChI=1S/C55H108N2O4/c1-6-11-16-20-22-28-38-51(36-26-18-13-8-3)49-60-54(58)42-30-24-33-44-56(47-48-57(46-32-15-10-5)53-40-35-41-53)45-34-25-31-43-55(59)61-50-52(37-27-19-14-9-4)39-29-23-21-17-12-7-2/h51-53H,6-50H2,1-5H3. The van der Waals surface area contributed by atoms with Crippen LogP contribution < -0.4 is 0 Å². The van der Waals surface area contributed by atoms with Gasteiger partial charge < -0.3 is 14.4 Å². The number of ether oxygens (including phenoxy) is 2. The number of hydrogen-bond donors (Lipinski definition) is 0. The van der Waals surface area contributed by atoms with Crippen LogP contribution in [-0.4, -0.2) is 73.7 Å². The number of carbonyl (C=O) groups excluding carboxylic acids is 2. The molecule has 6 nitrogen and oxygen atoms in total. The van der Waals surface area contributed by atoms with Gasteiger partial charge in [-0.25, -0.2) is 0 Å². The topological polar surface area (TPSA) is 59.1 Å². The average molecular weight is 861 g/mol. The van der Waals surface area contributed by atoms with Crippen LogP contribution in [0.5, 0.6) is 0 Å². The SMILES string of the molecule is CCCCCCCCC(CCCCCC)COC(=O)CCCCCN(CCCCCC(=O)OCC(CCCCCC)CCCCCCCC)CCN(CCCCC)C1CCC1. The lowest BCUT2D eigenvalue weighted by Crippen LogP contribution is -2.45. The molecule has 362 valence electrons. The number of esters is 2. The zero-order valence-electron chi connectivity index (χ0n) is 42.1. The molecule has 2 unspecified atom stereocenters. The smallest absolute Gasteiger partial charge is 0.305 e. The van der Waals surface area contributed by atoms with Crippen LogP contribution in [0.1, 0.15) is 279 Å². The summed E-state index contributed by atoms with van der Waals surface area (Å²) < 4.78 is 11.8. The normalized spacial score (nSPS) is 14.1. The Hall–Kier alpha value is -1.14. The van der Waals surface area contributed by atoms with Gasteiger partial charge in [-0.1, -0.05) is 195 Å². The molecule has 0 aromatic carbocycles. The summed E-state index contributed by atoms with van der Waals surface area (Å²) in [5.41, 5.74) is 0.